The average Bonchev–Trinajstić information content (AvgIpc) is 1.25. The SMILES string of the molecule is [2H]C([2H])([2H])c1ccc2c(n1)oc1c(-c3cc(-c4ccc(-c5ccccc5)cc4)c(-c4ccccc4-c4cc(CC5(c6cnc7c(c6)c(=O)oc6ccc[c-]c67)CCCC5)cc(CC5(c6cnc7c(c6)c(=O)oc6ccc[c-]c67)CCCC5)c4)cn3)[c-]ccc12.[Ir+3]. The number of aryl methyl sites for hydroxylation is 1. The smallest absolute Gasteiger partial charge is 0.486 e. The summed E-state index contributed by atoms with van der Waals surface area (Å²) in [5, 5.41) is 3.76. The Hall–Kier alpha value is -9.47. The predicted molar refractivity (Wildman–Crippen MR) is 341 cm³/mol. The minimum Gasteiger partial charge on any atom is -0.486 e. The number of aromatic nitrogens is 4. The van der Waals surface area contributed by atoms with Crippen LogP contribution in [0.2, 0.25) is 0 Å². The first-order valence-electron chi connectivity index (χ1n) is 31.1. The Kier molecular flexibility index (Phi) is 12.7. The van der Waals surface area contributed by atoms with Crippen molar-refractivity contribution in [3.05, 3.63) is 262 Å². The van der Waals surface area contributed by atoms with Crippen LogP contribution < -0.4 is 11.3 Å². The van der Waals surface area contributed by atoms with E-state index in [4.69, 9.17) is 32.3 Å². The summed E-state index contributed by atoms with van der Waals surface area (Å²) in [6, 6.07) is 68.7. The van der Waals surface area contributed by atoms with E-state index in [9.17, 15) is 9.59 Å². The van der Waals surface area contributed by atoms with E-state index < -0.39 is 18.1 Å². The van der Waals surface area contributed by atoms with Crippen molar-refractivity contribution in [1.29, 1.82) is 0 Å². The summed E-state index contributed by atoms with van der Waals surface area (Å²) in [5.74, 6) is 0. The topological polar surface area (TPSA) is 125 Å². The first kappa shape index (κ1) is 50.8. The molecule has 2 aliphatic rings. The molecule has 7 heterocycles. The first-order valence-corrected chi connectivity index (χ1v) is 29.6. The molecule has 422 valence electrons. The van der Waals surface area contributed by atoms with Crippen molar-refractivity contribution < 1.29 is 37.5 Å². The van der Waals surface area contributed by atoms with Gasteiger partial charge in [-0.2, -0.15) is 0 Å². The van der Waals surface area contributed by atoms with Crippen molar-refractivity contribution in [2.24, 2.45) is 0 Å². The molecule has 9 nitrogen and oxygen atoms in total. The molecule has 0 radical (unpaired) electrons. The summed E-state index contributed by atoms with van der Waals surface area (Å²) in [6.07, 6.45) is 15.2. The molecular weight excluding hydrogens is 1250 g/mol. The van der Waals surface area contributed by atoms with Crippen LogP contribution >= 0.6 is 0 Å². The molecule has 16 rings (SSSR count). The van der Waals surface area contributed by atoms with Gasteiger partial charge in [-0.15, -0.1) is 66.7 Å². The van der Waals surface area contributed by atoms with Gasteiger partial charge in [-0.3, -0.25) is 0 Å². The van der Waals surface area contributed by atoms with Crippen LogP contribution in [0, 0.1) is 25.1 Å². The van der Waals surface area contributed by atoms with E-state index in [1.165, 1.54) is 17.2 Å². The Morgan fingerprint density at radius 2 is 1.07 bits per heavy atom. The van der Waals surface area contributed by atoms with Crippen molar-refractivity contribution in [3.8, 4) is 55.8 Å². The van der Waals surface area contributed by atoms with Gasteiger partial charge >= 0.3 is 31.4 Å². The number of pyridine rings is 4. The molecule has 2 aliphatic carbocycles. The Labute approximate surface area is 519 Å². The van der Waals surface area contributed by atoms with Gasteiger partial charge in [-0.1, -0.05) is 151 Å². The number of rotatable bonds is 11. The number of fused-ring (bicyclic) bond motifs is 9. The maximum absolute atomic E-state index is 13.8. The second kappa shape index (κ2) is 21.8. The molecule has 0 aliphatic heterocycles. The van der Waals surface area contributed by atoms with Crippen LogP contribution in [-0.4, -0.2) is 19.9 Å². The molecule has 0 saturated heterocycles. The van der Waals surface area contributed by atoms with E-state index in [0.717, 1.165) is 112 Å². The Balaban J connectivity index is 0.00000676. The van der Waals surface area contributed by atoms with Crippen LogP contribution in [0.4, 0.5) is 0 Å². The van der Waals surface area contributed by atoms with Gasteiger partial charge in [0.05, 0.1) is 5.58 Å². The van der Waals surface area contributed by atoms with Gasteiger partial charge in [0, 0.05) is 83.1 Å². The van der Waals surface area contributed by atoms with Crippen molar-refractivity contribution in [3.63, 3.8) is 0 Å². The average molecular weight is 1310 g/mol. The molecule has 0 N–H and O–H groups in total. The van der Waals surface area contributed by atoms with E-state index in [2.05, 4.69) is 108 Å². The van der Waals surface area contributed by atoms with Crippen LogP contribution in [0.1, 0.15) is 83.4 Å². The number of furan rings is 1. The van der Waals surface area contributed by atoms with Gasteiger partial charge in [0.15, 0.2) is 0 Å². The third-order valence-electron chi connectivity index (χ3n) is 18.5. The van der Waals surface area contributed by atoms with Gasteiger partial charge in [0.25, 0.3) is 0 Å². The van der Waals surface area contributed by atoms with Gasteiger partial charge in [-0.25, -0.2) is 14.6 Å². The fourth-order valence-corrected chi connectivity index (χ4v) is 14.4. The second-order valence-corrected chi connectivity index (χ2v) is 23.6. The Bertz CT molecular complexity index is 5110. The zero-order valence-electron chi connectivity index (χ0n) is 50.2. The van der Waals surface area contributed by atoms with Gasteiger partial charge in [0.1, 0.15) is 0 Å². The maximum atomic E-state index is 13.8. The van der Waals surface area contributed by atoms with Gasteiger partial charge in [0.2, 0.25) is 5.71 Å². The van der Waals surface area contributed by atoms with Crippen molar-refractivity contribution in [2.45, 2.75) is 81.9 Å². The molecule has 87 heavy (non-hydrogen) atoms. The standard InChI is InChI=1S/C77H55N4O5.Ir/c1-47-26-31-59-58-22-15-23-60(72(58)86-73(59)81-47)67-41-63(52-29-27-51(28-30-52)50-16-3-2-4-17-50)66(46-78-67)57-19-6-5-18-56(57)53-37-48(42-76(32-11-12-33-76)54-39-64-70(79-44-54)61-20-7-9-24-68(61)84-74(64)82)36-49(38-53)43-77(34-13-14-35-77)55-40-65-71(80-45-55)62-21-8-10-25-69(62)85-75(65)83;/h2-10,15-19,22,24-31,36-41,44-46H,11-14,32-35,42-43H2,1H3;/q-3;+3/i1D3;. The molecule has 0 spiro atoms. The minimum absolute atomic E-state index is 0. The van der Waals surface area contributed by atoms with E-state index in [0.29, 0.717) is 78.8 Å². The first-order chi connectivity index (χ1) is 43.4. The molecule has 2 fully saturated rings. The quantitative estimate of drug-likeness (QED) is 0.0707. The zero-order valence-corrected chi connectivity index (χ0v) is 49.6. The molecule has 7 aromatic heterocycles. The van der Waals surface area contributed by atoms with E-state index in [1.54, 1.807) is 18.2 Å². The summed E-state index contributed by atoms with van der Waals surface area (Å²) in [5.41, 5.74) is 15.1. The summed E-state index contributed by atoms with van der Waals surface area (Å²) in [6.45, 7) is -2.40. The van der Waals surface area contributed by atoms with E-state index in [1.807, 2.05) is 85.3 Å². The number of hydrogen-bond donors (Lipinski definition) is 0. The number of hydrogen-bond acceptors (Lipinski definition) is 9. The van der Waals surface area contributed by atoms with Crippen molar-refractivity contribution in [1.82, 2.24) is 19.9 Å². The molecule has 0 amide bonds. The maximum Gasteiger partial charge on any atom is 3.00 e. The fraction of sp³-hybridized carbons (Fsp3) is 0.169. The second-order valence-electron chi connectivity index (χ2n) is 23.6. The number of benzene rings is 7. The van der Waals surface area contributed by atoms with E-state index in [-0.39, 0.29) is 42.3 Å². The summed E-state index contributed by atoms with van der Waals surface area (Å²) in [7, 11) is 0. The zero-order chi connectivity index (χ0) is 60.0. The molecule has 14 aromatic rings. The summed E-state index contributed by atoms with van der Waals surface area (Å²) < 4.78 is 42.4. The van der Waals surface area contributed by atoms with Crippen molar-refractivity contribution in [2.75, 3.05) is 0 Å². The van der Waals surface area contributed by atoms with Crippen molar-refractivity contribution >= 4 is 65.8 Å². The third kappa shape index (κ3) is 9.50. The van der Waals surface area contributed by atoms with Crippen LogP contribution in [0.3, 0.4) is 0 Å². The molecule has 7 aromatic carbocycles. The summed E-state index contributed by atoms with van der Waals surface area (Å²) >= 11 is 0. The molecule has 10 heteroatoms. The van der Waals surface area contributed by atoms with Gasteiger partial charge < -0.3 is 28.2 Å². The third-order valence-corrected chi connectivity index (χ3v) is 18.5. The van der Waals surface area contributed by atoms with Crippen LogP contribution in [0.25, 0.3) is 122 Å². The largest absolute Gasteiger partial charge is 3.00 e. The predicted octanol–water partition coefficient (Wildman–Crippen LogP) is 17.8. The Morgan fingerprint density at radius 3 is 1.69 bits per heavy atom. The van der Waals surface area contributed by atoms with E-state index >= 15 is 0 Å². The molecule has 0 unspecified atom stereocenters. The summed E-state index contributed by atoms with van der Waals surface area (Å²) in [4.78, 5) is 47.4. The van der Waals surface area contributed by atoms with Gasteiger partial charge in [-0.05, 0) is 137 Å². The monoisotopic (exact) mass is 1310 g/mol. The molecule has 0 atom stereocenters. The van der Waals surface area contributed by atoms with Crippen LogP contribution in [0.5, 0.6) is 0 Å². The van der Waals surface area contributed by atoms with Crippen LogP contribution in [0.15, 0.2) is 217 Å². The minimum atomic E-state index is -2.40. The molecule has 2 saturated carbocycles. The number of nitrogens with zero attached hydrogens (tertiary/aromatic N) is 4. The Morgan fingerprint density at radius 1 is 0.483 bits per heavy atom. The van der Waals surface area contributed by atoms with Crippen LogP contribution in [-0.2, 0) is 43.8 Å². The fourth-order valence-electron chi connectivity index (χ4n) is 14.4. The molecule has 0 bridgehead atoms. The normalized spacial score (nSPS) is 15.3. The molecular formula is C77H55IrN4O5.